The first-order chi connectivity index (χ1) is 36.1. The zero-order chi connectivity index (χ0) is 57.7. The largest absolute Gasteiger partial charge is 0.508 e. The molecule has 3 aliphatic heterocycles. The molecule has 0 bridgehead atoms. The maximum absolute atomic E-state index is 14.9. The molecule has 13 atom stereocenters. The number of Topliss-reactive ketones (excluding diaryl/α,β-unsaturated/α-hetero) is 1. The van der Waals surface area contributed by atoms with Crippen LogP contribution in [0.15, 0.2) is 24.3 Å². The average Bonchev–Trinajstić information content (AvgIpc) is 4.07. The summed E-state index contributed by atoms with van der Waals surface area (Å²) in [6.07, 6.45) is -5.22. The average molecular weight is 1080 g/mol. The van der Waals surface area contributed by atoms with Gasteiger partial charge in [0.05, 0.1) is 24.5 Å². The number of aliphatic hydroxyl groups excluding tert-OH is 2. The fourth-order valence-electron chi connectivity index (χ4n) is 10.1. The summed E-state index contributed by atoms with van der Waals surface area (Å²) in [4.78, 5) is 146. The Morgan fingerprint density at radius 2 is 1.44 bits per heavy atom. The fraction of sp³-hybridized carbons (Fsp3) is 0.709. The summed E-state index contributed by atoms with van der Waals surface area (Å²) in [6, 6.07) is -3.30. The molecule has 0 unspecified atom stereocenters. The van der Waals surface area contributed by atoms with Gasteiger partial charge < -0.3 is 60.8 Å². The van der Waals surface area contributed by atoms with Gasteiger partial charge in [0.1, 0.15) is 54.2 Å². The van der Waals surface area contributed by atoms with Crippen LogP contribution in [-0.4, -0.2) is 176 Å². The number of aromatic hydroxyl groups is 1. The second-order valence-corrected chi connectivity index (χ2v) is 22.4. The van der Waals surface area contributed by atoms with Gasteiger partial charge >= 0.3 is 11.9 Å². The number of fused-ring (bicyclic) bond motifs is 1. The molecule has 3 aliphatic rings. The number of hydrogen-bond acceptors (Lipinski definition) is 15. The maximum Gasteiger partial charge on any atom is 0.329 e. The predicted molar refractivity (Wildman–Crippen MR) is 281 cm³/mol. The minimum Gasteiger partial charge on any atom is -0.508 e. The number of hydrogen-bond donors (Lipinski definition) is 7. The van der Waals surface area contributed by atoms with Crippen LogP contribution < -0.4 is 21.3 Å². The number of carbonyl (C=O) groups excluding carboxylic acids is 10. The van der Waals surface area contributed by atoms with Gasteiger partial charge in [-0.1, -0.05) is 73.9 Å². The number of phenols is 1. The van der Waals surface area contributed by atoms with Crippen LogP contribution in [-0.2, 0) is 63.8 Å². The van der Waals surface area contributed by atoms with E-state index < -0.39 is 150 Å². The zero-order valence-corrected chi connectivity index (χ0v) is 46.9. The number of esters is 2. The number of cyclic esters (lactones) is 2. The molecule has 0 saturated carbocycles. The van der Waals surface area contributed by atoms with E-state index in [0.717, 1.165) is 0 Å². The van der Waals surface area contributed by atoms with Crippen molar-refractivity contribution in [3.05, 3.63) is 29.8 Å². The molecule has 3 fully saturated rings. The van der Waals surface area contributed by atoms with E-state index >= 15 is 0 Å². The SMILES string of the molecule is CC[C@H](C)[C@H]1NC(=O)[C@H](NC(=O)[C@@H](CC(C)C)N(C)C(=O)[C@@H]2CCCN2C(=O)[C@H](C)O)[C@@H](C)OC(=O)[C@H](Cc2ccc(O)cc2)NC(=O)[C@@H]2CCCN2C(=O)[C@H](CC(C)C)NC(=O)[C@@H](C)C(=O)[C@H](C(C)C)OC(=O)C[C@@H]1O. The fourth-order valence-corrected chi connectivity index (χ4v) is 10.1. The van der Waals surface area contributed by atoms with E-state index in [4.69, 9.17) is 9.47 Å². The number of likely N-dealkylation sites (N-methyl/N-ethyl adjacent to an activating group) is 1. The molecular formula is C55H85N7O15. The van der Waals surface area contributed by atoms with E-state index in [0.29, 0.717) is 24.8 Å². The van der Waals surface area contributed by atoms with Crippen LogP contribution in [0.3, 0.4) is 0 Å². The third-order valence-corrected chi connectivity index (χ3v) is 14.8. The summed E-state index contributed by atoms with van der Waals surface area (Å²) in [5.74, 6) is -11.2. The highest BCUT2D eigenvalue weighted by Crippen LogP contribution is 2.26. The highest BCUT2D eigenvalue weighted by atomic mass is 16.6. The van der Waals surface area contributed by atoms with E-state index in [-0.39, 0.29) is 62.8 Å². The topological polar surface area (TPSA) is 308 Å². The third-order valence-electron chi connectivity index (χ3n) is 14.8. The molecule has 0 radical (unpaired) electrons. The van der Waals surface area contributed by atoms with Crippen molar-refractivity contribution in [3.8, 4) is 5.75 Å². The third kappa shape index (κ3) is 16.9. The zero-order valence-electron chi connectivity index (χ0n) is 46.9. The van der Waals surface area contributed by atoms with Crippen molar-refractivity contribution in [3.63, 3.8) is 0 Å². The van der Waals surface area contributed by atoms with Crippen LogP contribution in [0.4, 0.5) is 0 Å². The number of amides is 7. The number of carbonyl (C=O) groups is 10. The summed E-state index contributed by atoms with van der Waals surface area (Å²) < 4.78 is 11.7. The highest BCUT2D eigenvalue weighted by molar-refractivity contribution is 6.05. The molecule has 1 aromatic rings. The van der Waals surface area contributed by atoms with Crippen molar-refractivity contribution >= 4 is 59.1 Å². The maximum atomic E-state index is 14.9. The lowest BCUT2D eigenvalue weighted by Crippen LogP contribution is -2.62. The first kappa shape index (κ1) is 63.4. The number of rotatable bonds is 14. The molecule has 1 aromatic carbocycles. The van der Waals surface area contributed by atoms with Gasteiger partial charge in [0.2, 0.25) is 35.4 Å². The number of phenolic OH excluding ortho intramolecular Hbond substituents is 1. The predicted octanol–water partition coefficient (Wildman–Crippen LogP) is 1.67. The number of benzene rings is 1. The van der Waals surface area contributed by atoms with Gasteiger partial charge in [-0.2, -0.15) is 0 Å². The van der Waals surface area contributed by atoms with Crippen LogP contribution in [0.25, 0.3) is 0 Å². The number of aliphatic hydroxyl groups is 2. The Bertz CT molecular complexity index is 2270. The van der Waals surface area contributed by atoms with E-state index in [1.165, 1.54) is 66.8 Å². The van der Waals surface area contributed by atoms with Crippen molar-refractivity contribution in [1.82, 2.24) is 36.0 Å². The second kappa shape index (κ2) is 28.5. The molecule has 22 nitrogen and oxygen atoms in total. The number of ketones is 1. The van der Waals surface area contributed by atoms with Gasteiger partial charge in [0, 0.05) is 26.6 Å². The number of likely N-dealkylation sites (tertiary alicyclic amines) is 1. The Balaban J connectivity index is 1.85. The molecule has 0 aliphatic carbocycles. The lowest BCUT2D eigenvalue weighted by Gasteiger charge is -2.36. The monoisotopic (exact) mass is 1080 g/mol. The first-order valence-electron chi connectivity index (χ1n) is 27.2. The smallest absolute Gasteiger partial charge is 0.329 e. The first-order valence-corrected chi connectivity index (χ1v) is 27.2. The van der Waals surface area contributed by atoms with Crippen LogP contribution in [0.5, 0.6) is 5.75 Å². The van der Waals surface area contributed by atoms with Gasteiger partial charge in [0.15, 0.2) is 11.9 Å². The quantitative estimate of drug-likeness (QED) is 0.103. The summed E-state index contributed by atoms with van der Waals surface area (Å²) in [5, 5.41) is 42.9. The highest BCUT2D eigenvalue weighted by Gasteiger charge is 2.45. The Morgan fingerprint density at radius 1 is 0.818 bits per heavy atom. The molecule has 7 amide bonds. The van der Waals surface area contributed by atoms with Gasteiger partial charge in [-0.3, -0.25) is 43.2 Å². The summed E-state index contributed by atoms with van der Waals surface area (Å²) in [7, 11) is 1.39. The summed E-state index contributed by atoms with van der Waals surface area (Å²) >= 11 is 0. The van der Waals surface area contributed by atoms with E-state index in [1.54, 1.807) is 27.7 Å². The Kier molecular flexibility index (Phi) is 23.4. The van der Waals surface area contributed by atoms with Crippen molar-refractivity contribution in [2.75, 3.05) is 20.1 Å². The van der Waals surface area contributed by atoms with E-state index in [9.17, 15) is 63.3 Å². The van der Waals surface area contributed by atoms with E-state index in [2.05, 4.69) is 21.3 Å². The number of ether oxygens (including phenoxy) is 2. The summed E-state index contributed by atoms with van der Waals surface area (Å²) in [6.45, 7) is 18.2. The van der Waals surface area contributed by atoms with Gasteiger partial charge in [0.25, 0.3) is 5.91 Å². The van der Waals surface area contributed by atoms with Crippen molar-refractivity contribution < 1.29 is 72.7 Å². The molecule has 7 N–H and O–H groups in total. The Hall–Kier alpha value is -6.16. The van der Waals surface area contributed by atoms with Crippen LogP contribution in [0.2, 0.25) is 0 Å². The lowest BCUT2D eigenvalue weighted by molar-refractivity contribution is -0.162. The van der Waals surface area contributed by atoms with Gasteiger partial charge in [-0.15, -0.1) is 0 Å². The van der Waals surface area contributed by atoms with E-state index in [1.807, 2.05) is 27.7 Å². The van der Waals surface area contributed by atoms with Crippen molar-refractivity contribution in [1.29, 1.82) is 0 Å². The van der Waals surface area contributed by atoms with Crippen LogP contribution >= 0.6 is 0 Å². The standard InChI is InChI=1S/C55H85N7O15/c1-13-31(8)44-42(65)27-43(66)77-47(30(6)7)46(67)32(9)48(68)56-37(24-28(2)3)53(73)61-22-14-16-39(61)49(69)57-38(26-35-18-20-36(64)21-19-35)55(75)76-34(11)45(51(71)58-44)59-50(70)41(25-29(4)5)60(12)54(74)40-17-15-23-62(40)52(72)33(10)63/h18-21,28-34,37-42,44-45,47,63-65H,13-17,22-27H2,1-12H3,(H,56,68)(H,57,69)(H,58,71)(H,59,70)/t31-,32-,33-,34+,37-,38-,39-,40-,41+,42-,44+,45+,47-/m0/s1. The lowest BCUT2D eigenvalue weighted by atomic mass is 9.91. The molecule has 22 heteroatoms. The molecular weight excluding hydrogens is 999 g/mol. The van der Waals surface area contributed by atoms with Crippen molar-refractivity contribution in [2.24, 2.45) is 29.6 Å². The Labute approximate surface area is 452 Å². The summed E-state index contributed by atoms with van der Waals surface area (Å²) in [5.41, 5.74) is 0.462. The molecule has 0 spiro atoms. The molecule has 3 saturated heterocycles. The van der Waals surface area contributed by atoms with Gasteiger partial charge in [-0.25, -0.2) is 4.79 Å². The Morgan fingerprint density at radius 3 is 2.03 bits per heavy atom. The molecule has 4 rings (SSSR count). The molecule has 430 valence electrons. The minimum absolute atomic E-state index is 0.0620. The molecule has 3 heterocycles. The molecule has 0 aromatic heterocycles. The second-order valence-electron chi connectivity index (χ2n) is 22.4. The normalized spacial score (nSPS) is 28.0. The van der Waals surface area contributed by atoms with Gasteiger partial charge in [-0.05, 0) is 101 Å². The van der Waals surface area contributed by atoms with Crippen LogP contribution in [0.1, 0.15) is 133 Å². The number of nitrogens with zero attached hydrogens (tertiary/aromatic N) is 3. The molecule has 77 heavy (non-hydrogen) atoms. The van der Waals surface area contributed by atoms with Crippen LogP contribution in [0, 0.1) is 29.6 Å². The van der Waals surface area contributed by atoms with Crippen molar-refractivity contribution in [2.45, 2.75) is 201 Å². The number of nitrogens with one attached hydrogen (secondary N) is 4. The minimum atomic E-state index is -1.78.